The summed E-state index contributed by atoms with van der Waals surface area (Å²) in [4.78, 5) is 38.4. The Labute approximate surface area is 514 Å². The molecule has 6 heteroatoms. The molecule has 0 aliphatic rings. The van der Waals surface area contributed by atoms with Crippen LogP contribution in [0.25, 0.3) is 0 Å². The lowest BCUT2D eigenvalue weighted by Crippen LogP contribution is -2.30. The van der Waals surface area contributed by atoms with E-state index in [-0.39, 0.29) is 31.6 Å². The van der Waals surface area contributed by atoms with Gasteiger partial charge in [-0.2, -0.15) is 0 Å². The maximum Gasteiger partial charge on any atom is 0.306 e. The first-order chi connectivity index (χ1) is 41.0. The molecule has 1 atom stereocenters. The number of allylic oxidation sites excluding steroid dienone is 18. The third-order valence-electron chi connectivity index (χ3n) is 15.2. The molecule has 0 heterocycles. The van der Waals surface area contributed by atoms with Crippen LogP contribution in [0.2, 0.25) is 0 Å². The molecule has 0 rings (SSSR count). The van der Waals surface area contributed by atoms with E-state index in [0.717, 1.165) is 83.5 Å². The Morgan fingerprint density at radius 2 is 0.494 bits per heavy atom. The third-order valence-corrected chi connectivity index (χ3v) is 15.2. The summed E-state index contributed by atoms with van der Waals surface area (Å²) in [7, 11) is 0. The number of hydrogen-bond acceptors (Lipinski definition) is 6. The summed E-state index contributed by atoms with van der Waals surface area (Å²) >= 11 is 0. The second-order valence-corrected chi connectivity index (χ2v) is 23.4. The quantitative estimate of drug-likeness (QED) is 0.0261. The van der Waals surface area contributed by atoms with E-state index < -0.39 is 12.1 Å². The van der Waals surface area contributed by atoms with Crippen LogP contribution in [0.5, 0.6) is 0 Å². The minimum absolute atomic E-state index is 0.108. The average Bonchev–Trinajstić information content (AvgIpc) is 3.50. The number of unbranched alkanes of at least 4 members (excludes halogenated alkanes) is 35. The number of ether oxygens (including phenoxy) is 3. The fourth-order valence-electron chi connectivity index (χ4n) is 9.97. The van der Waals surface area contributed by atoms with Gasteiger partial charge in [-0.25, -0.2) is 0 Å². The Morgan fingerprint density at radius 3 is 0.819 bits per heavy atom. The summed E-state index contributed by atoms with van der Waals surface area (Å²) in [5.74, 6) is -0.985. The van der Waals surface area contributed by atoms with Gasteiger partial charge in [0.1, 0.15) is 13.2 Å². The van der Waals surface area contributed by atoms with E-state index in [2.05, 4.69) is 124 Å². The lowest BCUT2D eigenvalue weighted by Gasteiger charge is -2.18. The molecule has 0 saturated carbocycles. The zero-order valence-corrected chi connectivity index (χ0v) is 54.7. The van der Waals surface area contributed by atoms with Gasteiger partial charge in [-0.15, -0.1) is 0 Å². The van der Waals surface area contributed by atoms with Crippen LogP contribution in [0.4, 0.5) is 0 Å². The highest BCUT2D eigenvalue weighted by Gasteiger charge is 2.19. The molecular weight excluding hydrogens is 1020 g/mol. The van der Waals surface area contributed by atoms with Crippen molar-refractivity contribution in [2.24, 2.45) is 0 Å². The molecule has 0 fully saturated rings. The Morgan fingerprint density at radius 1 is 0.253 bits per heavy atom. The van der Waals surface area contributed by atoms with Crippen LogP contribution in [0.15, 0.2) is 109 Å². The summed E-state index contributed by atoms with van der Waals surface area (Å²) in [6.07, 6.45) is 97.0. The Kier molecular flexibility index (Phi) is 67.2. The maximum atomic E-state index is 12.9. The van der Waals surface area contributed by atoms with Gasteiger partial charge < -0.3 is 14.2 Å². The topological polar surface area (TPSA) is 78.9 Å². The van der Waals surface area contributed by atoms with Gasteiger partial charge in [0.2, 0.25) is 0 Å². The third kappa shape index (κ3) is 68.7. The molecule has 0 aliphatic heterocycles. The van der Waals surface area contributed by atoms with Crippen LogP contribution in [0.3, 0.4) is 0 Å². The van der Waals surface area contributed by atoms with Gasteiger partial charge in [-0.05, 0) is 116 Å². The molecular formula is C77H132O6. The van der Waals surface area contributed by atoms with Gasteiger partial charge in [0.25, 0.3) is 0 Å². The van der Waals surface area contributed by atoms with Gasteiger partial charge in [0.05, 0.1) is 0 Å². The molecule has 0 bridgehead atoms. The highest BCUT2D eigenvalue weighted by atomic mass is 16.6. The van der Waals surface area contributed by atoms with Crippen molar-refractivity contribution in [2.75, 3.05) is 13.2 Å². The van der Waals surface area contributed by atoms with Crippen molar-refractivity contribution in [1.82, 2.24) is 0 Å². The predicted octanol–water partition coefficient (Wildman–Crippen LogP) is 24.6. The molecule has 0 spiro atoms. The van der Waals surface area contributed by atoms with E-state index in [0.29, 0.717) is 19.3 Å². The van der Waals surface area contributed by atoms with Crippen molar-refractivity contribution in [2.45, 2.75) is 348 Å². The smallest absolute Gasteiger partial charge is 0.306 e. The molecule has 0 saturated heterocycles. The fraction of sp³-hybridized carbons (Fsp3) is 0.727. The van der Waals surface area contributed by atoms with E-state index in [1.807, 2.05) is 6.08 Å². The second-order valence-electron chi connectivity index (χ2n) is 23.4. The number of rotatable bonds is 64. The monoisotopic (exact) mass is 1150 g/mol. The summed E-state index contributed by atoms with van der Waals surface area (Å²) in [6, 6.07) is 0. The minimum Gasteiger partial charge on any atom is -0.462 e. The first kappa shape index (κ1) is 79.1. The van der Waals surface area contributed by atoms with E-state index >= 15 is 0 Å². The van der Waals surface area contributed by atoms with E-state index in [4.69, 9.17) is 14.2 Å². The van der Waals surface area contributed by atoms with Crippen LogP contribution in [-0.2, 0) is 28.6 Å². The van der Waals surface area contributed by atoms with Gasteiger partial charge >= 0.3 is 17.9 Å². The van der Waals surface area contributed by atoms with Gasteiger partial charge in [-0.3, -0.25) is 14.4 Å². The van der Waals surface area contributed by atoms with Crippen molar-refractivity contribution < 1.29 is 28.6 Å². The fourth-order valence-corrected chi connectivity index (χ4v) is 9.97. The molecule has 0 radical (unpaired) electrons. The molecule has 0 aromatic rings. The van der Waals surface area contributed by atoms with Gasteiger partial charge in [-0.1, -0.05) is 316 Å². The molecule has 1 unspecified atom stereocenters. The second kappa shape index (κ2) is 70.6. The molecule has 0 aliphatic carbocycles. The van der Waals surface area contributed by atoms with Crippen molar-refractivity contribution in [3.8, 4) is 0 Å². The molecule has 83 heavy (non-hydrogen) atoms. The minimum atomic E-state index is -0.824. The van der Waals surface area contributed by atoms with Crippen molar-refractivity contribution in [3.05, 3.63) is 109 Å². The van der Waals surface area contributed by atoms with Crippen molar-refractivity contribution in [3.63, 3.8) is 0 Å². The maximum absolute atomic E-state index is 12.9. The van der Waals surface area contributed by atoms with Crippen LogP contribution < -0.4 is 0 Å². The zero-order valence-electron chi connectivity index (χ0n) is 54.7. The molecule has 476 valence electrons. The number of carbonyl (C=O) groups is 3. The summed E-state index contributed by atoms with van der Waals surface area (Å²) in [5, 5.41) is 0. The van der Waals surface area contributed by atoms with Crippen LogP contribution >= 0.6 is 0 Å². The molecule has 6 nitrogen and oxygen atoms in total. The normalized spacial score (nSPS) is 12.8. The largest absolute Gasteiger partial charge is 0.462 e. The van der Waals surface area contributed by atoms with E-state index in [9.17, 15) is 14.4 Å². The predicted molar refractivity (Wildman–Crippen MR) is 362 cm³/mol. The highest BCUT2D eigenvalue weighted by molar-refractivity contribution is 5.71. The SMILES string of the molecule is CC/C=C\C/C=C\C/C=C\C/C=C\C/C=C\C/C=C\CCC(=O)OC(COC(=O)CCCCCCCCCCC/C=C\C/C=C\CCCCC)COC(=O)CCCCCCCCCCCCCCCCC/C=C\CCCCCCCCCC. The Balaban J connectivity index is 4.40. The zero-order chi connectivity index (χ0) is 59.9. The van der Waals surface area contributed by atoms with Crippen LogP contribution in [0.1, 0.15) is 342 Å². The highest BCUT2D eigenvalue weighted by Crippen LogP contribution is 2.17. The van der Waals surface area contributed by atoms with Gasteiger partial charge in [0, 0.05) is 19.3 Å². The van der Waals surface area contributed by atoms with Gasteiger partial charge in [0.15, 0.2) is 6.10 Å². The average molecular weight is 1150 g/mol. The Bertz CT molecular complexity index is 1660. The standard InChI is InChI=1S/C77H132O6/c1-4-7-10-13-16-19-22-25-28-31-34-35-36-37-38-39-40-41-44-46-49-52-55-58-61-64-67-70-76(79)82-73-74(83-77(80)71-68-65-62-59-56-53-50-47-43-33-30-27-24-21-18-15-12-9-6-3)72-81-75(78)69-66-63-60-57-54-51-48-45-42-32-29-26-23-20-17-14-11-8-5-2/h9,12,17-18,20-21,26-27,29-31,34,43,47,53,56,62,65,74H,4-8,10-11,13-16,19,22-25,28,32-33,35-42,44-46,48-52,54-55,57-61,63-64,66-73H2,1-3H3/b12-9-,20-17-,21-18-,29-26-,30-27-,34-31-,47-43-,56-53-,65-62-. The van der Waals surface area contributed by atoms with Crippen LogP contribution in [0, 0.1) is 0 Å². The lowest BCUT2D eigenvalue weighted by molar-refractivity contribution is -0.166. The van der Waals surface area contributed by atoms with Crippen molar-refractivity contribution >= 4 is 17.9 Å². The molecule has 0 aromatic heterocycles. The van der Waals surface area contributed by atoms with E-state index in [1.165, 1.54) is 212 Å². The van der Waals surface area contributed by atoms with Crippen molar-refractivity contribution in [1.29, 1.82) is 0 Å². The number of carbonyl (C=O) groups excluding carboxylic acids is 3. The summed E-state index contributed by atoms with van der Waals surface area (Å²) in [5.41, 5.74) is 0. The first-order valence-corrected chi connectivity index (χ1v) is 35.4. The van der Waals surface area contributed by atoms with E-state index in [1.54, 1.807) is 0 Å². The molecule has 0 aromatic carbocycles. The van der Waals surface area contributed by atoms with Crippen LogP contribution in [-0.4, -0.2) is 37.2 Å². The Hall–Kier alpha value is -3.93. The lowest BCUT2D eigenvalue weighted by atomic mass is 10.0. The molecule has 0 N–H and O–H groups in total. The number of hydrogen-bond donors (Lipinski definition) is 0. The summed E-state index contributed by atoms with van der Waals surface area (Å²) in [6.45, 7) is 6.48. The molecule has 0 amide bonds. The number of esters is 3. The summed E-state index contributed by atoms with van der Waals surface area (Å²) < 4.78 is 16.9. The first-order valence-electron chi connectivity index (χ1n) is 35.4.